The predicted octanol–water partition coefficient (Wildman–Crippen LogP) is 1.33. The molecular formula is C12H13ClN2O4S. The van der Waals surface area contributed by atoms with Crippen molar-refractivity contribution in [2.24, 2.45) is 0 Å². The number of halogens is 1. The first-order valence-electron chi connectivity index (χ1n) is 5.66. The van der Waals surface area contributed by atoms with Gasteiger partial charge in [-0.2, -0.15) is 5.26 Å². The summed E-state index contributed by atoms with van der Waals surface area (Å²) in [5.74, 6) is -0.431. The monoisotopic (exact) mass is 316 g/mol. The number of aryl methyl sites for hydroxylation is 1. The van der Waals surface area contributed by atoms with E-state index in [0.29, 0.717) is 5.56 Å². The quantitative estimate of drug-likeness (QED) is 0.631. The number of rotatable bonds is 6. The van der Waals surface area contributed by atoms with Crippen molar-refractivity contribution in [1.82, 2.24) is 5.32 Å². The van der Waals surface area contributed by atoms with Gasteiger partial charge < -0.3 is 10.1 Å². The Morgan fingerprint density at radius 2 is 2.20 bits per heavy atom. The number of nitriles is 1. The minimum Gasteiger partial charge on any atom is -0.482 e. The molecule has 0 bridgehead atoms. The van der Waals surface area contributed by atoms with Gasteiger partial charge in [0.1, 0.15) is 10.6 Å². The van der Waals surface area contributed by atoms with Crippen molar-refractivity contribution in [3.63, 3.8) is 0 Å². The highest BCUT2D eigenvalue weighted by Crippen LogP contribution is 2.27. The zero-order valence-electron chi connectivity index (χ0n) is 10.7. The third-order valence-corrected chi connectivity index (χ3v) is 3.62. The molecule has 0 aliphatic heterocycles. The van der Waals surface area contributed by atoms with Crippen molar-refractivity contribution < 1.29 is 17.9 Å². The number of hydrogen-bond acceptors (Lipinski definition) is 5. The zero-order valence-corrected chi connectivity index (χ0v) is 12.3. The van der Waals surface area contributed by atoms with Crippen molar-refractivity contribution in [3.8, 4) is 11.8 Å². The van der Waals surface area contributed by atoms with Crippen LogP contribution < -0.4 is 10.1 Å². The molecule has 0 saturated carbocycles. The number of carbonyl (C=O) groups is 1. The van der Waals surface area contributed by atoms with E-state index in [1.807, 2.05) is 6.07 Å². The first kappa shape index (κ1) is 16.3. The first-order valence-corrected chi connectivity index (χ1v) is 7.97. The van der Waals surface area contributed by atoms with Gasteiger partial charge in [-0.05, 0) is 24.6 Å². The molecule has 0 unspecified atom stereocenters. The van der Waals surface area contributed by atoms with Crippen molar-refractivity contribution >= 4 is 25.6 Å². The molecule has 8 heteroatoms. The molecule has 0 atom stereocenters. The third-order valence-electron chi connectivity index (χ3n) is 2.28. The van der Waals surface area contributed by atoms with Gasteiger partial charge in [0.25, 0.3) is 15.0 Å². The molecule has 0 aromatic heterocycles. The Hall–Kier alpha value is -1.78. The number of nitrogens with one attached hydrogen (secondary N) is 1. The fourth-order valence-electron chi connectivity index (χ4n) is 1.38. The molecule has 0 fully saturated rings. The molecule has 20 heavy (non-hydrogen) atoms. The average molecular weight is 317 g/mol. The van der Waals surface area contributed by atoms with Crippen molar-refractivity contribution in [2.45, 2.75) is 18.2 Å². The van der Waals surface area contributed by atoms with Gasteiger partial charge in [0.2, 0.25) is 0 Å². The molecule has 0 aliphatic rings. The first-order chi connectivity index (χ1) is 9.34. The molecule has 0 aliphatic carbocycles. The Labute approximate surface area is 121 Å². The maximum atomic E-state index is 11.4. The lowest BCUT2D eigenvalue weighted by Gasteiger charge is -2.10. The largest absolute Gasteiger partial charge is 0.482 e. The Bertz CT molecular complexity index is 637. The minimum absolute atomic E-state index is 0.0148. The number of benzene rings is 1. The van der Waals surface area contributed by atoms with Crippen LogP contribution in [0.4, 0.5) is 0 Å². The highest BCUT2D eigenvalue weighted by molar-refractivity contribution is 8.13. The molecule has 1 aromatic rings. The summed E-state index contributed by atoms with van der Waals surface area (Å²) in [4.78, 5) is 11.2. The van der Waals surface area contributed by atoms with Crippen molar-refractivity contribution in [1.29, 1.82) is 5.26 Å². The second-order valence-electron chi connectivity index (χ2n) is 3.93. The van der Waals surface area contributed by atoms with Gasteiger partial charge >= 0.3 is 0 Å². The van der Waals surface area contributed by atoms with Crippen LogP contribution in [0.1, 0.15) is 12.0 Å². The van der Waals surface area contributed by atoms with E-state index in [1.54, 1.807) is 13.0 Å². The van der Waals surface area contributed by atoms with E-state index in [2.05, 4.69) is 5.32 Å². The lowest BCUT2D eigenvalue weighted by molar-refractivity contribution is -0.123. The van der Waals surface area contributed by atoms with Crippen molar-refractivity contribution in [2.75, 3.05) is 13.2 Å². The number of hydrogen-bond donors (Lipinski definition) is 1. The third kappa shape index (κ3) is 5.07. The Morgan fingerprint density at radius 3 is 2.80 bits per heavy atom. The smallest absolute Gasteiger partial charge is 0.264 e. The maximum absolute atomic E-state index is 11.4. The number of amides is 1. The normalized spacial score (nSPS) is 10.7. The summed E-state index contributed by atoms with van der Waals surface area (Å²) < 4.78 is 28.0. The van der Waals surface area contributed by atoms with E-state index in [1.165, 1.54) is 12.1 Å². The summed E-state index contributed by atoms with van der Waals surface area (Å²) in [5, 5.41) is 10.8. The van der Waals surface area contributed by atoms with E-state index >= 15 is 0 Å². The van der Waals surface area contributed by atoms with Gasteiger partial charge in [-0.15, -0.1) is 0 Å². The SMILES string of the molecule is Cc1ccc(OCC(=O)NCCC#N)c(S(=O)(=O)Cl)c1. The molecule has 1 rings (SSSR count). The molecule has 108 valence electrons. The average Bonchev–Trinajstić information content (AvgIpc) is 2.36. The van der Waals surface area contributed by atoms with Gasteiger partial charge in [-0.3, -0.25) is 4.79 Å². The van der Waals surface area contributed by atoms with E-state index < -0.39 is 15.0 Å². The van der Waals surface area contributed by atoms with E-state index in [0.717, 1.165) is 0 Å². The minimum atomic E-state index is -3.95. The second-order valence-corrected chi connectivity index (χ2v) is 6.47. The molecule has 1 N–H and O–H groups in total. The highest BCUT2D eigenvalue weighted by atomic mass is 35.7. The van der Waals surface area contributed by atoms with Gasteiger partial charge in [0, 0.05) is 17.2 Å². The van der Waals surface area contributed by atoms with Gasteiger partial charge in [-0.1, -0.05) is 6.07 Å². The van der Waals surface area contributed by atoms with E-state index in [9.17, 15) is 13.2 Å². The second kappa shape index (κ2) is 7.12. The summed E-state index contributed by atoms with van der Waals surface area (Å²) in [5.41, 5.74) is 0.704. The lowest BCUT2D eigenvalue weighted by Crippen LogP contribution is -2.29. The summed E-state index contributed by atoms with van der Waals surface area (Å²) in [6, 6.07) is 6.33. The highest BCUT2D eigenvalue weighted by Gasteiger charge is 2.17. The van der Waals surface area contributed by atoms with Crippen LogP contribution in [0.3, 0.4) is 0 Å². The topological polar surface area (TPSA) is 96.3 Å². The summed E-state index contributed by atoms with van der Waals surface area (Å²) >= 11 is 0. The standard InChI is InChI=1S/C12H13ClN2O4S/c1-9-3-4-10(11(7-9)20(13,17)18)19-8-12(16)15-6-2-5-14/h3-4,7H,2,6,8H2,1H3,(H,15,16). The van der Waals surface area contributed by atoms with Gasteiger partial charge in [-0.25, -0.2) is 8.42 Å². The van der Waals surface area contributed by atoms with E-state index in [4.69, 9.17) is 20.7 Å². The van der Waals surface area contributed by atoms with Crippen LogP contribution in [0.15, 0.2) is 23.1 Å². The maximum Gasteiger partial charge on any atom is 0.264 e. The van der Waals surface area contributed by atoms with Crippen molar-refractivity contribution in [3.05, 3.63) is 23.8 Å². The Kier molecular flexibility index (Phi) is 5.80. The fourth-order valence-corrected chi connectivity index (χ4v) is 2.43. The summed E-state index contributed by atoms with van der Waals surface area (Å²) in [7, 11) is 1.36. The zero-order chi connectivity index (χ0) is 15.2. The Balaban J connectivity index is 2.74. The van der Waals surface area contributed by atoms with Crippen LogP contribution >= 0.6 is 10.7 Å². The molecule has 6 nitrogen and oxygen atoms in total. The molecule has 0 radical (unpaired) electrons. The summed E-state index contributed by atoms with van der Waals surface area (Å²) in [6.45, 7) is 1.57. The predicted molar refractivity (Wildman–Crippen MR) is 73.0 cm³/mol. The Morgan fingerprint density at radius 1 is 1.50 bits per heavy atom. The fraction of sp³-hybridized carbons (Fsp3) is 0.333. The lowest BCUT2D eigenvalue weighted by atomic mass is 10.2. The number of carbonyl (C=O) groups excluding carboxylic acids is 1. The molecule has 1 aromatic carbocycles. The van der Waals surface area contributed by atoms with Crippen LogP contribution in [0.2, 0.25) is 0 Å². The molecule has 1 amide bonds. The molecule has 0 saturated heterocycles. The molecule has 0 heterocycles. The van der Waals surface area contributed by atoms with Crippen LogP contribution in [-0.4, -0.2) is 27.5 Å². The molecular weight excluding hydrogens is 304 g/mol. The van der Waals surface area contributed by atoms with Gasteiger partial charge in [0.05, 0.1) is 12.5 Å². The number of nitrogens with zero attached hydrogens (tertiary/aromatic N) is 1. The van der Waals surface area contributed by atoms with E-state index in [-0.39, 0.29) is 30.2 Å². The van der Waals surface area contributed by atoms with Crippen LogP contribution in [-0.2, 0) is 13.8 Å². The van der Waals surface area contributed by atoms with Crippen LogP contribution in [0, 0.1) is 18.3 Å². The molecule has 0 spiro atoms. The van der Waals surface area contributed by atoms with Crippen LogP contribution in [0.5, 0.6) is 5.75 Å². The van der Waals surface area contributed by atoms with Gasteiger partial charge in [0.15, 0.2) is 6.61 Å². The van der Waals surface area contributed by atoms with Crippen LogP contribution in [0.25, 0.3) is 0 Å². The number of ether oxygens (including phenoxy) is 1. The summed E-state index contributed by atoms with van der Waals surface area (Å²) in [6.07, 6.45) is 0.192.